The van der Waals surface area contributed by atoms with E-state index in [9.17, 15) is 4.79 Å². The second-order valence-corrected chi connectivity index (χ2v) is 3.11. The number of benzene rings is 1. The quantitative estimate of drug-likeness (QED) is 0.552. The van der Waals surface area contributed by atoms with Gasteiger partial charge in [0.05, 0.1) is 0 Å². The third kappa shape index (κ3) is 4.04. The van der Waals surface area contributed by atoms with E-state index in [1.807, 2.05) is 6.07 Å². The number of para-hydroxylation sites is 2. The number of carbonyl (C=O) groups excluding carboxylic acids is 1. The molecule has 0 N–H and O–H groups in total. The van der Waals surface area contributed by atoms with Crippen molar-refractivity contribution in [2.45, 2.75) is 0 Å². The van der Waals surface area contributed by atoms with Crippen LogP contribution in [0.25, 0.3) is 0 Å². The van der Waals surface area contributed by atoms with Gasteiger partial charge >= 0.3 is 0 Å². The van der Waals surface area contributed by atoms with Crippen molar-refractivity contribution in [3.8, 4) is 11.5 Å². The Morgan fingerprint density at radius 2 is 1.93 bits per heavy atom. The van der Waals surface area contributed by atoms with Crippen LogP contribution in [0.1, 0.15) is 0 Å². The first-order valence-corrected chi connectivity index (χ1v) is 4.75. The highest BCUT2D eigenvalue weighted by atomic mass is 35.5. The van der Waals surface area contributed by atoms with Crippen LogP contribution in [0.4, 0.5) is 0 Å². The molecule has 4 heteroatoms. The van der Waals surface area contributed by atoms with Crippen molar-refractivity contribution in [1.29, 1.82) is 0 Å². The van der Waals surface area contributed by atoms with Gasteiger partial charge in [-0.1, -0.05) is 24.8 Å². The molecule has 0 saturated carbocycles. The molecule has 0 aromatic heterocycles. The number of hydrogen-bond acceptors (Lipinski definition) is 3. The lowest BCUT2D eigenvalue weighted by molar-refractivity contribution is -0.113. The monoisotopic (exact) mass is 226 g/mol. The number of hydrogen-bond donors (Lipinski definition) is 0. The van der Waals surface area contributed by atoms with Crippen molar-refractivity contribution >= 4 is 16.8 Å². The maximum absolute atomic E-state index is 10.5. The van der Waals surface area contributed by atoms with Crippen LogP contribution in [0.2, 0.25) is 0 Å². The van der Waals surface area contributed by atoms with Crippen LogP contribution in [0, 0.1) is 0 Å². The van der Waals surface area contributed by atoms with E-state index in [1.165, 1.54) is 0 Å². The minimum atomic E-state index is -0.548. The van der Waals surface area contributed by atoms with Crippen LogP contribution in [-0.2, 0) is 4.79 Å². The summed E-state index contributed by atoms with van der Waals surface area (Å²) in [5.41, 5.74) is 0. The molecule has 0 unspecified atom stereocenters. The molecule has 0 aliphatic rings. The molecule has 0 bridgehead atoms. The molecule has 0 aliphatic heterocycles. The molecule has 0 radical (unpaired) electrons. The SMILES string of the molecule is C=CCOc1ccccc1OCC(=O)Cl. The smallest absolute Gasteiger partial charge is 0.259 e. The largest absolute Gasteiger partial charge is 0.486 e. The highest BCUT2D eigenvalue weighted by molar-refractivity contribution is 6.63. The van der Waals surface area contributed by atoms with Gasteiger partial charge in [0, 0.05) is 0 Å². The average Bonchev–Trinajstić information content (AvgIpc) is 2.24. The Bertz CT molecular complexity index is 349. The van der Waals surface area contributed by atoms with Gasteiger partial charge in [0.2, 0.25) is 0 Å². The van der Waals surface area contributed by atoms with Crippen LogP contribution < -0.4 is 9.47 Å². The molecule has 0 amide bonds. The lowest BCUT2D eigenvalue weighted by Crippen LogP contribution is -2.06. The fraction of sp³-hybridized carbons (Fsp3) is 0.182. The fourth-order valence-electron chi connectivity index (χ4n) is 0.972. The third-order valence-electron chi connectivity index (χ3n) is 1.55. The van der Waals surface area contributed by atoms with Crippen LogP contribution in [0.15, 0.2) is 36.9 Å². The van der Waals surface area contributed by atoms with Crippen molar-refractivity contribution in [3.05, 3.63) is 36.9 Å². The van der Waals surface area contributed by atoms with E-state index in [-0.39, 0.29) is 6.61 Å². The van der Waals surface area contributed by atoms with Crippen molar-refractivity contribution in [2.75, 3.05) is 13.2 Å². The highest BCUT2D eigenvalue weighted by Crippen LogP contribution is 2.26. The Kier molecular flexibility index (Phi) is 4.71. The topological polar surface area (TPSA) is 35.5 Å². The normalized spacial score (nSPS) is 9.40. The van der Waals surface area contributed by atoms with Crippen LogP contribution >= 0.6 is 11.6 Å². The summed E-state index contributed by atoms with van der Waals surface area (Å²) in [5, 5.41) is -0.548. The van der Waals surface area contributed by atoms with E-state index >= 15 is 0 Å². The molecular weight excluding hydrogens is 216 g/mol. The maximum Gasteiger partial charge on any atom is 0.259 e. The first-order valence-electron chi connectivity index (χ1n) is 4.38. The van der Waals surface area contributed by atoms with E-state index < -0.39 is 5.24 Å². The minimum absolute atomic E-state index is 0.171. The Hall–Kier alpha value is -1.48. The molecule has 0 heterocycles. The maximum atomic E-state index is 10.5. The molecule has 1 aromatic rings. The summed E-state index contributed by atoms with van der Waals surface area (Å²) in [7, 11) is 0. The molecule has 3 nitrogen and oxygen atoms in total. The molecule has 15 heavy (non-hydrogen) atoms. The Morgan fingerprint density at radius 1 is 1.33 bits per heavy atom. The van der Waals surface area contributed by atoms with Gasteiger partial charge in [-0.3, -0.25) is 4.79 Å². The number of carbonyl (C=O) groups is 1. The second-order valence-electron chi connectivity index (χ2n) is 2.69. The summed E-state index contributed by atoms with van der Waals surface area (Å²) in [6.07, 6.45) is 1.63. The summed E-state index contributed by atoms with van der Waals surface area (Å²) >= 11 is 5.16. The van der Waals surface area contributed by atoms with Crippen molar-refractivity contribution in [3.63, 3.8) is 0 Å². The first-order chi connectivity index (χ1) is 7.24. The van der Waals surface area contributed by atoms with Gasteiger partial charge in [0.1, 0.15) is 6.61 Å². The number of rotatable bonds is 6. The van der Waals surface area contributed by atoms with E-state index in [1.54, 1.807) is 24.3 Å². The molecule has 0 fully saturated rings. The predicted octanol–water partition coefficient (Wildman–Crippen LogP) is 2.40. The van der Waals surface area contributed by atoms with Crippen molar-refractivity contribution in [1.82, 2.24) is 0 Å². The molecule has 0 aliphatic carbocycles. The Morgan fingerprint density at radius 3 is 2.47 bits per heavy atom. The van der Waals surface area contributed by atoms with Crippen LogP contribution in [-0.4, -0.2) is 18.5 Å². The molecule has 0 saturated heterocycles. The van der Waals surface area contributed by atoms with Gasteiger partial charge in [-0.25, -0.2) is 0 Å². The zero-order valence-electron chi connectivity index (χ0n) is 8.11. The summed E-state index contributed by atoms with van der Waals surface area (Å²) in [6.45, 7) is 3.75. The summed E-state index contributed by atoms with van der Waals surface area (Å²) in [4.78, 5) is 10.5. The number of ether oxygens (including phenoxy) is 2. The number of halogens is 1. The Labute approximate surface area is 93.3 Å². The van der Waals surface area contributed by atoms with Gasteiger partial charge in [-0.15, -0.1) is 0 Å². The minimum Gasteiger partial charge on any atom is -0.486 e. The van der Waals surface area contributed by atoms with Gasteiger partial charge in [-0.2, -0.15) is 0 Å². The lowest BCUT2D eigenvalue weighted by Gasteiger charge is -2.09. The van der Waals surface area contributed by atoms with Gasteiger partial charge < -0.3 is 9.47 Å². The zero-order chi connectivity index (χ0) is 11.1. The van der Waals surface area contributed by atoms with Crippen LogP contribution in [0.3, 0.4) is 0 Å². The van der Waals surface area contributed by atoms with Crippen molar-refractivity contribution in [2.24, 2.45) is 0 Å². The molecule has 0 atom stereocenters. The third-order valence-corrected chi connectivity index (χ3v) is 1.66. The molecular formula is C11H11ClO3. The second kappa shape index (κ2) is 6.09. The van der Waals surface area contributed by atoms with Crippen LogP contribution in [0.5, 0.6) is 11.5 Å². The molecule has 80 valence electrons. The molecule has 1 aromatic carbocycles. The Balaban J connectivity index is 2.67. The van der Waals surface area contributed by atoms with E-state index in [0.717, 1.165) is 0 Å². The highest BCUT2D eigenvalue weighted by Gasteiger charge is 2.04. The standard InChI is InChI=1S/C11H11ClO3/c1-2-7-14-9-5-3-4-6-10(9)15-8-11(12)13/h2-6H,1,7-8H2. The van der Waals surface area contributed by atoms with E-state index in [4.69, 9.17) is 21.1 Å². The van der Waals surface area contributed by atoms with Crippen molar-refractivity contribution < 1.29 is 14.3 Å². The van der Waals surface area contributed by atoms with Gasteiger partial charge in [0.25, 0.3) is 5.24 Å². The summed E-state index contributed by atoms with van der Waals surface area (Å²) in [6, 6.07) is 7.05. The van der Waals surface area contributed by atoms with E-state index in [0.29, 0.717) is 18.1 Å². The molecule has 0 spiro atoms. The summed E-state index contributed by atoms with van der Waals surface area (Å²) < 4.78 is 10.5. The summed E-state index contributed by atoms with van der Waals surface area (Å²) in [5.74, 6) is 1.06. The lowest BCUT2D eigenvalue weighted by atomic mass is 10.3. The average molecular weight is 227 g/mol. The van der Waals surface area contributed by atoms with Gasteiger partial charge in [-0.05, 0) is 23.7 Å². The van der Waals surface area contributed by atoms with E-state index in [2.05, 4.69) is 6.58 Å². The zero-order valence-corrected chi connectivity index (χ0v) is 8.87. The fourth-order valence-corrected chi connectivity index (χ4v) is 1.03. The molecule has 1 rings (SSSR count). The predicted molar refractivity (Wildman–Crippen MR) is 58.5 cm³/mol. The van der Waals surface area contributed by atoms with Gasteiger partial charge in [0.15, 0.2) is 18.1 Å². The first kappa shape index (κ1) is 11.6.